The molecule has 6 heteroatoms. The van der Waals surface area contributed by atoms with E-state index in [1.807, 2.05) is 0 Å². The van der Waals surface area contributed by atoms with Gasteiger partial charge in [-0.1, -0.05) is 0 Å². The first-order valence-electron chi connectivity index (χ1n) is 4.47. The second-order valence-corrected chi connectivity index (χ2v) is 3.34. The predicted molar refractivity (Wildman–Crippen MR) is 49.3 cm³/mol. The number of nitrogens with zero attached hydrogens (tertiary/aromatic N) is 2. The summed E-state index contributed by atoms with van der Waals surface area (Å²) in [5, 5.41) is 17.5. The molecule has 1 aromatic heterocycles. The fraction of sp³-hybridized carbons (Fsp3) is 0.444. The van der Waals surface area contributed by atoms with Gasteiger partial charge in [-0.2, -0.15) is 0 Å². The van der Waals surface area contributed by atoms with Crippen LogP contribution in [-0.2, 0) is 9.59 Å². The predicted octanol–water partition coefficient (Wildman–Crippen LogP) is 0.0668. The van der Waals surface area contributed by atoms with Crippen molar-refractivity contribution in [3.05, 3.63) is 18.7 Å². The van der Waals surface area contributed by atoms with Crippen molar-refractivity contribution in [3.8, 4) is 0 Å². The van der Waals surface area contributed by atoms with Gasteiger partial charge in [0.05, 0.1) is 0 Å². The molecule has 1 rings (SSSR count). The Morgan fingerprint density at radius 1 is 1.27 bits per heavy atom. The topological polar surface area (TPSA) is 83.4 Å². The summed E-state index contributed by atoms with van der Waals surface area (Å²) in [4.78, 5) is 21.3. The highest BCUT2D eigenvalue weighted by Crippen LogP contribution is 2.04. The molecular formula is C9H13N2O4+. The smallest absolute Gasteiger partial charge is 0.349 e. The van der Waals surface area contributed by atoms with Crippen molar-refractivity contribution >= 4 is 11.9 Å². The third-order valence-corrected chi connectivity index (χ3v) is 2.29. The van der Waals surface area contributed by atoms with Crippen LogP contribution in [-0.4, -0.2) is 26.7 Å². The van der Waals surface area contributed by atoms with E-state index in [0.717, 1.165) is 0 Å². The molecule has 0 aromatic carbocycles. The summed E-state index contributed by atoms with van der Waals surface area (Å²) in [5.74, 6) is -1.92. The second-order valence-electron chi connectivity index (χ2n) is 3.34. The molecule has 0 saturated heterocycles. The molecular weight excluding hydrogens is 200 g/mol. The van der Waals surface area contributed by atoms with Crippen LogP contribution in [0, 0.1) is 0 Å². The van der Waals surface area contributed by atoms with Crippen molar-refractivity contribution in [1.29, 1.82) is 0 Å². The molecule has 0 fully saturated rings. The molecule has 15 heavy (non-hydrogen) atoms. The van der Waals surface area contributed by atoms with E-state index < -0.39 is 24.0 Å². The molecule has 0 amide bonds. The minimum Gasteiger partial charge on any atom is -0.478 e. The van der Waals surface area contributed by atoms with Gasteiger partial charge < -0.3 is 10.2 Å². The zero-order chi connectivity index (χ0) is 11.6. The zero-order valence-corrected chi connectivity index (χ0v) is 8.49. The van der Waals surface area contributed by atoms with E-state index in [0.29, 0.717) is 0 Å². The number of aliphatic carboxylic acids is 2. The van der Waals surface area contributed by atoms with Crippen LogP contribution in [0.3, 0.4) is 0 Å². The van der Waals surface area contributed by atoms with Gasteiger partial charge in [0.1, 0.15) is 12.4 Å². The molecule has 6 nitrogen and oxygen atoms in total. The molecule has 1 aromatic rings. The average Bonchev–Trinajstić information content (AvgIpc) is 2.63. The molecule has 0 radical (unpaired) electrons. The lowest BCUT2D eigenvalue weighted by Gasteiger charge is -2.02. The highest BCUT2D eigenvalue weighted by molar-refractivity contribution is 5.71. The van der Waals surface area contributed by atoms with Crippen LogP contribution in [0.5, 0.6) is 0 Å². The monoisotopic (exact) mass is 213 g/mol. The van der Waals surface area contributed by atoms with Gasteiger partial charge in [0.15, 0.2) is 12.1 Å². The highest BCUT2D eigenvalue weighted by Gasteiger charge is 2.23. The van der Waals surface area contributed by atoms with E-state index in [-0.39, 0.29) is 0 Å². The molecule has 0 aliphatic carbocycles. The van der Waals surface area contributed by atoms with Crippen LogP contribution in [0.25, 0.3) is 0 Å². The summed E-state index contributed by atoms with van der Waals surface area (Å²) in [6.45, 7) is 3.05. The Bertz CT molecular complexity index is 351. The van der Waals surface area contributed by atoms with Gasteiger partial charge in [-0.25, -0.2) is 18.7 Å². The van der Waals surface area contributed by atoms with Crippen molar-refractivity contribution in [2.45, 2.75) is 25.9 Å². The molecule has 0 bridgehead atoms. The summed E-state index contributed by atoms with van der Waals surface area (Å²) in [6.07, 6.45) is 4.55. The normalized spacial score (nSPS) is 14.5. The van der Waals surface area contributed by atoms with E-state index >= 15 is 0 Å². The minimum atomic E-state index is -0.958. The van der Waals surface area contributed by atoms with E-state index in [1.165, 1.54) is 41.7 Å². The van der Waals surface area contributed by atoms with Crippen LogP contribution >= 0.6 is 0 Å². The molecule has 0 aliphatic rings. The second kappa shape index (κ2) is 4.12. The summed E-state index contributed by atoms with van der Waals surface area (Å²) >= 11 is 0. The Hall–Kier alpha value is -1.85. The van der Waals surface area contributed by atoms with Gasteiger partial charge in [0, 0.05) is 0 Å². The number of carboxylic acid groups (broad SMARTS) is 2. The van der Waals surface area contributed by atoms with Crippen molar-refractivity contribution in [2.75, 3.05) is 0 Å². The van der Waals surface area contributed by atoms with Crippen molar-refractivity contribution in [2.24, 2.45) is 0 Å². The van der Waals surface area contributed by atoms with Gasteiger partial charge in [0.2, 0.25) is 6.33 Å². The Labute approximate surface area is 86.4 Å². The maximum atomic E-state index is 10.7. The summed E-state index contributed by atoms with van der Waals surface area (Å²) < 4.78 is 2.89. The van der Waals surface area contributed by atoms with E-state index in [9.17, 15) is 9.59 Å². The van der Waals surface area contributed by atoms with Crippen LogP contribution in [0.4, 0.5) is 0 Å². The number of carboxylic acids is 2. The van der Waals surface area contributed by atoms with E-state index in [4.69, 9.17) is 10.2 Å². The number of rotatable bonds is 4. The number of hydrogen-bond donors (Lipinski definition) is 2. The first kappa shape index (κ1) is 11.2. The van der Waals surface area contributed by atoms with E-state index in [2.05, 4.69) is 0 Å². The molecule has 0 aliphatic heterocycles. The van der Waals surface area contributed by atoms with E-state index in [1.54, 1.807) is 0 Å². The Morgan fingerprint density at radius 3 is 2.33 bits per heavy atom. The molecule has 2 N–H and O–H groups in total. The number of imidazole rings is 1. The number of aromatic nitrogens is 2. The summed E-state index contributed by atoms with van der Waals surface area (Å²) in [5.41, 5.74) is 0. The van der Waals surface area contributed by atoms with Crippen LogP contribution in [0.1, 0.15) is 25.9 Å². The Balaban J connectivity index is 2.89. The van der Waals surface area contributed by atoms with Gasteiger partial charge in [-0.15, -0.1) is 0 Å². The van der Waals surface area contributed by atoms with Crippen molar-refractivity contribution in [3.63, 3.8) is 0 Å². The third-order valence-electron chi connectivity index (χ3n) is 2.29. The molecule has 0 saturated carbocycles. The molecule has 0 spiro atoms. The Morgan fingerprint density at radius 2 is 1.87 bits per heavy atom. The van der Waals surface area contributed by atoms with Crippen molar-refractivity contribution < 1.29 is 24.4 Å². The molecule has 1 heterocycles. The van der Waals surface area contributed by atoms with Gasteiger partial charge in [0.25, 0.3) is 0 Å². The lowest BCUT2D eigenvalue weighted by molar-refractivity contribution is -0.707. The van der Waals surface area contributed by atoms with Crippen LogP contribution in [0.2, 0.25) is 0 Å². The first-order chi connectivity index (χ1) is 6.93. The summed E-state index contributed by atoms with van der Waals surface area (Å²) in [7, 11) is 0. The zero-order valence-electron chi connectivity index (χ0n) is 8.49. The highest BCUT2D eigenvalue weighted by atomic mass is 16.4. The minimum absolute atomic E-state index is 0.702. The van der Waals surface area contributed by atoms with Gasteiger partial charge in [-0.05, 0) is 13.8 Å². The van der Waals surface area contributed by atoms with Crippen LogP contribution in [0.15, 0.2) is 18.7 Å². The van der Waals surface area contributed by atoms with Crippen LogP contribution < -0.4 is 4.57 Å². The Kier molecular flexibility index (Phi) is 3.08. The van der Waals surface area contributed by atoms with Gasteiger partial charge in [-0.3, -0.25) is 0 Å². The van der Waals surface area contributed by atoms with Crippen molar-refractivity contribution in [1.82, 2.24) is 4.57 Å². The fourth-order valence-corrected chi connectivity index (χ4v) is 1.10. The molecule has 2 atom stereocenters. The maximum absolute atomic E-state index is 10.7. The lowest BCUT2D eigenvalue weighted by atomic mass is 10.3. The van der Waals surface area contributed by atoms with Gasteiger partial charge >= 0.3 is 11.9 Å². The molecule has 0 unspecified atom stereocenters. The SMILES string of the molecule is C[C@H](C(=O)O)n1cc[n+]([C@H](C)C(=O)O)c1. The third kappa shape index (κ3) is 2.34. The first-order valence-corrected chi connectivity index (χ1v) is 4.47. The maximum Gasteiger partial charge on any atom is 0.349 e. The lowest BCUT2D eigenvalue weighted by Crippen LogP contribution is -2.40. The number of carbonyl (C=O) groups is 2. The standard InChI is InChI=1S/C9H12N2O4/c1-6(8(12)13)10-3-4-11(5-10)7(2)9(14)15/h3-7H,1-2H3,(H-,12,13,14,15)/p+1/t6-,7-/m1/s1. The summed E-state index contributed by atoms with van der Waals surface area (Å²) in [6, 6.07) is -1.40. The quantitative estimate of drug-likeness (QED) is 0.693. The average molecular weight is 213 g/mol. The molecule has 82 valence electrons. The fourth-order valence-electron chi connectivity index (χ4n) is 1.10. The largest absolute Gasteiger partial charge is 0.478 e. The number of hydrogen-bond acceptors (Lipinski definition) is 2.